The lowest BCUT2D eigenvalue weighted by Gasteiger charge is -2.45. The second kappa shape index (κ2) is 10.2. The van der Waals surface area contributed by atoms with Crippen molar-refractivity contribution in [3.8, 4) is 11.5 Å². The van der Waals surface area contributed by atoms with Crippen molar-refractivity contribution in [3.05, 3.63) is 72.1 Å². The first-order chi connectivity index (χ1) is 17.9. The first kappa shape index (κ1) is 24.7. The average molecular weight is 510 g/mol. The number of nitrogens with one attached hydrogen (secondary N) is 2. The molecule has 1 aromatic heterocycles. The maximum Gasteiger partial charge on any atom is 0.319 e. The number of benzene rings is 2. The summed E-state index contributed by atoms with van der Waals surface area (Å²) in [5.74, 6) is 0.0222. The van der Waals surface area contributed by atoms with Crippen molar-refractivity contribution >= 4 is 17.7 Å². The Morgan fingerprint density at radius 2 is 1.81 bits per heavy atom. The zero-order valence-electron chi connectivity index (χ0n) is 20.7. The summed E-state index contributed by atoms with van der Waals surface area (Å²) in [4.78, 5) is 23.9. The van der Waals surface area contributed by atoms with Gasteiger partial charge in [0.25, 0.3) is 0 Å². The molecule has 2 N–H and O–H groups in total. The Labute approximate surface area is 214 Å². The van der Waals surface area contributed by atoms with E-state index in [1.807, 2.05) is 12.1 Å². The first-order valence-electron chi connectivity index (χ1n) is 12.2. The summed E-state index contributed by atoms with van der Waals surface area (Å²) in [5, 5.41) is 5.62. The van der Waals surface area contributed by atoms with Crippen LogP contribution in [0, 0.1) is 11.6 Å². The molecule has 2 aromatic carbocycles. The molecule has 0 bridgehead atoms. The highest BCUT2D eigenvalue weighted by atomic mass is 19.2. The molecule has 2 aliphatic rings. The van der Waals surface area contributed by atoms with Crippen LogP contribution in [0.15, 0.2) is 54.9 Å². The molecule has 37 heavy (non-hydrogen) atoms. The molecule has 0 spiro atoms. The Morgan fingerprint density at radius 1 is 1.03 bits per heavy atom. The zero-order valence-corrected chi connectivity index (χ0v) is 20.7. The van der Waals surface area contributed by atoms with Gasteiger partial charge < -0.3 is 25.0 Å². The normalized spacial score (nSPS) is 22.8. The number of halogens is 2. The van der Waals surface area contributed by atoms with Crippen molar-refractivity contribution in [2.24, 2.45) is 0 Å². The van der Waals surface area contributed by atoms with E-state index >= 15 is 0 Å². The van der Waals surface area contributed by atoms with Gasteiger partial charge in [-0.1, -0.05) is 6.07 Å². The van der Waals surface area contributed by atoms with Crippen molar-refractivity contribution in [3.63, 3.8) is 0 Å². The fourth-order valence-corrected chi connectivity index (χ4v) is 5.77. The minimum Gasteiger partial charge on any atom is -0.493 e. The number of anilines is 2. The van der Waals surface area contributed by atoms with Crippen LogP contribution in [0.5, 0.6) is 11.5 Å². The number of rotatable bonds is 6. The highest BCUT2D eigenvalue weighted by molar-refractivity contribution is 5.89. The predicted octanol–water partition coefficient (Wildman–Crippen LogP) is 4.66. The third-order valence-corrected chi connectivity index (χ3v) is 7.54. The largest absolute Gasteiger partial charge is 0.493 e. The Balaban J connectivity index is 1.40. The van der Waals surface area contributed by atoms with Gasteiger partial charge in [0.15, 0.2) is 23.1 Å². The van der Waals surface area contributed by atoms with E-state index < -0.39 is 17.7 Å². The molecule has 1 aliphatic carbocycles. The van der Waals surface area contributed by atoms with E-state index in [4.69, 9.17) is 9.47 Å². The summed E-state index contributed by atoms with van der Waals surface area (Å²) in [6.45, 7) is 0.775. The number of carbonyl (C=O) groups is 1. The summed E-state index contributed by atoms with van der Waals surface area (Å²) in [7, 11) is 3.24. The zero-order chi connectivity index (χ0) is 26.0. The van der Waals surface area contributed by atoms with Gasteiger partial charge in [0.05, 0.1) is 14.2 Å². The molecular formula is C27H29F2N5O3. The van der Waals surface area contributed by atoms with Crippen LogP contribution < -0.4 is 25.0 Å². The maximum atomic E-state index is 13.6. The number of fused-ring (bicyclic) bond motifs is 1. The molecule has 0 unspecified atom stereocenters. The van der Waals surface area contributed by atoms with Crippen LogP contribution in [0.1, 0.15) is 31.2 Å². The third kappa shape index (κ3) is 4.75. The molecule has 8 nitrogen and oxygen atoms in total. The molecule has 194 valence electrons. The van der Waals surface area contributed by atoms with Crippen LogP contribution in [0.3, 0.4) is 0 Å². The smallest absolute Gasteiger partial charge is 0.319 e. The molecule has 2 heterocycles. The number of nitrogens with zero attached hydrogens (tertiary/aromatic N) is 3. The second-order valence-corrected chi connectivity index (χ2v) is 9.43. The van der Waals surface area contributed by atoms with Gasteiger partial charge in [-0.2, -0.15) is 0 Å². The highest BCUT2D eigenvalue weighted by Crippen LogP contribution is 2.51. The summed E-state index contributed by atoms with van der Waals surface area (Å²) in [5.41, 5.74) is 1.15. The Bertz CT molecular complexity index is 1280. The Kier molecular flexibility index (Phi) is 6.82. The van der Waals surface area contributed by atoms with E-state index in [2.05, 4.69) is 31.6 Å². The molecule has 10 heteroatoms. The highest BCUT2D eigenvalue weighted by Gasteiger charge is 2.52. The quantitative estimate of drug-likeness (QED) is 0.503. The number of hydrogen-bond acceptors (Lipinski definition) is 6. The van der Waals surface area contributed by atoms with Crippen molar-refractivity contribution in [2.45, 2.75) is 43.2 Å². The van der Waals surface area contributed by atoms with Crippen LogP contribution >= 0.6 is 0 Å². The monoisotopic (exact) mass is 509 g/mol. The van der Waals surface area contributed by atoms with Gasteiger partial charge in [-0.3, -0.25) is 0 Å². The third-order valence-electron chi connectivity index (χ3n) is 7.54. The van der Waals surface area contributed by atoms with Crippen LogP contribution in [0.4, 0.5) is 25.2 Å². The molecule has 3 atom stereocenters. The van der Waals surface area contributed by atoms with E-state index in [0.717, 1.165) is 43.5 Å². The van der Waals surface area contributed by atoms with E-state index in [1.54, 1.807) is 32.7 Å². The second-order valence-electron chi connectivity index (χ2n) is 9.43. The molecule has 1 saturated carbocycles. The number of carbonyl (C=O) groups excluding carboxylic acids is 1. The van der Waals surface area contributed by atoms with Gasteiger partial charge >= 0.3 is 6.03 Å². The summed E-state index contributed by atoms with van der Waals surface area (Å²) in [6, 6.07) is 10.6. The molecule has 1 saturated heterocycles. The van der Waals surface area contributed by atoms with Gasteiger partial charge in [0.2, 0.25) is 5.95 Å². The minimum absolute atomic E-state index is 0.0234. The van der Waals surface area contributed by atoms with Crippen molar-refractivity contribution in [1.29, 1.82) is 0 Å². The van der Waals surface area contributed by atoms with Gasteiger partial charge in [0, 0.05) is 48.2 Å². The SMILES string of the molecule is COc1ccc([C@@]23CC[C@@H](NC(=O)Nc4ccc(F)c(F)c4)C[C@@H]2N(c2ncccn2)CC3)cc1OC. The van der Waals surface area contributed by atoms with Gasteiger partial charge in [-0.15, -0.1) is 0 Å². The van der Waals surface area contributed by atoms with Gasteiger partial charge in [-0.25, -0.2) is 23.5 Å². The topological polar surface area (TPSA) is 88.6 Å². The average Bonchev–Trinajstić information content (AvgIpc) is 3.30. The number of amides is 2. The Hall–Kier alpha value is -3.95. The molecule has 2 amide bonds. The molecule has 0 radical (unpaired) electrons. The van der Waals surface area contributed by atoms with Crippen LogP contribution in [-0.4, -0.2) is 48.8 Å². The lowest BCUT2D eigenvalue weighted by atomic mass is 9.65. The van der Waals surface area contributed by atoms with E-state index in [0.29, 0.717) is 23.9 Å². The number of aromatic nitrogens is 2. The van der Waals surface area contributed by atoms with Crippen molar-refractivity contribution in [1.82, 2.24) is 15.3 Å². The molecule has 2 fully saturated rings. The molecule has 3 aromatic rings. The fraction of sp³-hybridized carbons (Fsp3) is 0.370. The predicted molar refractivity (Wildman–Crippen MR) is 135 cm³/mol. The van der Waals surface area contributed by atoms with Crippen LogP contribution in [0.2, 0.25) is 0 Å². The number of urea groups is 1. The van der Waals surface area contributed by atoms with E-state index in [1.165, 1.54) is 6.07 Å². The number of hydrogen-bond donors (Lipinski definition) is 2. The lowest BCUT2D eigenvalue weighted by Crippen LogP contribution is -2.53. The van der Waals surface area contributed by atoms with Crippen molar-refractivity contribution in [2.75, 3.05) is 31.0 Å². The van der Waals surface area contributed by atoms with Gasteiger partial charge in [0.1, 0.15) is 0 Å². The fourth-order valence-electron chi connectivity index (χ4n) is 5.77. The first-order valence-corrected chi connectivity index (χ1v) is 12.2. The maximum absolute atomic E-state index is 13.6. The number of methoxy groups -OCH3 is 2. The van der Waals surface area contributed by atoms with Gasteiger partial charge in [-0.05, 0) is 61.6 Å². The van der Waals surface area contributed by atoms with Crippen LogP contribution in [-0.2, 0) is 5.41 Å². The van der Waals surface area contributed by atoms with E-state index in [-0.39, 0.29) is 23.2 Å². The molecule has 5 rings (SSSR count). The molecular weight excluding hydrogens is 480 g/mol. The minimum atomic E-state index is -1.01. The number of ether oxygens (including phenoxy) is 2. The Morgan fingerprint density at radius 3 is 2.54 bits per heavy atom. The summed E-state index contributed by atoms with van der Waals surface area (Å²) >= 11 is 0. The summed E-state index contributed by atoms with van der Waals surface area (Å²) < 4.78 is 37.8. The van der Waals surface area contributed by atoms with Crippen molar-refractivity contribution < 1.29 is 23.0 Å². The standard InChI is InChI=1S/C27H29F2N5O3/c1-36-22-7-4-17(14-23(22)37-2)27-9-8-19(33-26(35)32-18-5-6-20(28)21(29)15-18)16-24(27)34(13-10-27)25-30-11-3-12-31-25/h3-7,11-12,14-15,19,24H,8-10,13,16H2,1-2H3,(H2,32,33,35)/t19-,24+,27+/m1/s1. The summed E-state index contributed by atoms with van der Waals surface area (Å²) in [6.07, 6.45) is 6.60. The lowest BCUT2D eigenvalue weighted by molar-refractivity contribution is 0.219. The van der Waals surface area contributed by atoms with Crippen LogP contribution in [0.25, 0.3) is 0 Å². The molecule has 1 aliphatic heterocycles. The van der Waals surface area contributed by atoms with E-state index in [9.17, 15) is 13.6 Å².